The number of rotatable bonds is 5. The topological polar surface area (TPSA) is 111 Å². The Bertz CT molecular complexity index is 1100. The van der Waals surface area contributed by atoms with Crippen LogP contribution in [-0.2, 0) is 0 Å². The molecule has 148 valence electrons. The summed E-state index contributed by atoms with van der Waals surface area (Å²) in [7, 11) is 0. The van der Waals surface area contributed by atoms with E-state index in [1.807, 2.05) is 0 Å². The van der Waals surface area contributed by atoms with Crippen molar-refractivity contribution < 1.29 is 23.2 Å². The van der Waals surface area contributed by atoms with E-state index in [2.05, 4.69) is 20.6 Å². The molecule has 1 aromatic heterocycles. The maximum absolute atomic E-state index is 13.9. The van der Waals surface area contributed by atoms with Crippen LogP contribution >= 0.6 is 0 Å². The SMILES string of the molecule is O=[N+]([O-])c1c(Nc2ccc3c(c2)OCCO3)ncnc1Nc1cc(F)ccc1F. The number of nitrogens with one attached hydrogen (secondary N) is 2. The number of hydrogen-bond acceptors (Lipinski definition) is 8. The van der Waals surface area contributed by atoms with Gasteiger partial charge >= 0.3 is 5.69 Å². The van der Waals surface area contributed by atoms with Gasteiger partial charge in [0.1, 0.15) is 31.2 Å². The Hall–Kier alpha value is -4.02. The number of nitro groups is 1. The standard InChI is InChI=1S/C18H13F2N5O4/c19-10-1-3-12(20)13(7-10)24-18-16(25(26)27)17(21-9-22-18)23-11-2-4-14-15(8-11)29-6-5-28-14/h1-4,7-9H,5-6H2,(H2,21,22,23,24). The van der Waals surface area contributed by atoms with Crippen molar-refractivity contribution >= 4 is 28.7 Å². The van der Waals surface area contributed by atoms with Crippen LogP contribution < -0.4 is 20.1 Å². The van der Waals surface area contributed by atoms with Gasteiger partial charge in [-0.3, -0.25) is 10.1 Å². The zero-order valence-corrected chi connectivity index (χ0v) is 14.7. The summed E-state index contributed by atoms with van der Waals surface area (Å²) in [6.07, 6.45) is 1.06. The third-order valence-corrected chi connectivity index (χ3v) is 3.99. The molecule has 2 heterocycles. The first kappa shape index (κ1) is 18.3. The van der Waals surface area contributed by atoms with E-state index in [0.717, 1.165) is 24.5 Å². The lowest BCUT2D eigenvalue weighted by Gasteiger charge is -2.19. The largest absolute Gasteiger partial charge is 0.486 e. The van der Waals surface area contributed by atoms with Gasteiger partial charge in [-0.25, -0.2) is 18.7 Å². The van der Waals surface area contributed by atoms with Crippen LogP contribution in [0.1, 0.15) is 0 Å². The molecule has 0 radical (unpaired) electrons. The molecule has 2 aromatic carbocycles. The summed E-state index contributed by atoms with van der Waals surface area (Å²) in [5, 5.41) is 16.9. The third-order valence-electron chi connectivity index (χ3n) is 3.99. The summed E-state index contributed by atoms with van der Waals surface area (Å²) in [5.41, 5.74) is -0.373. The highest BCUT2D eigenvalue weighted by atomic mass is 19.1. The summed E-state index contributed by atoms with van der Waals surface area (Å²) in [5.74, 6) is -0.891. The molecule has 29 heavy (non-hydrogen) atoms. The second-order valence-electron chi connectivity index (χ2n) is 5.91. The van der Waals surface area contributed by atoms with Gasteiger partial charge in [-0.15, -0.1) is 0 Å². The van der Waals surface area contributed by atoms with Crippen molar-refractivity contribution in [3.05, 3.63) is 64.5 Å². The molecule has 0 unspecified atom stereocenters. The van der Waals surface area contributed by atoms with Gasteiger partial charge in [0.2, 0.25) is 11.6 Å². The quantitative estimate of drug-likeness (QED) is 0.489. The summed E-state index contributed by atoms with van der Waals surface area (Å²) < 4.78 is 38.2. The number of nitrogens with zero attached hydrogens (tertiary/aromatic N) is 3. The second kappa shape index (κ2) is 7.54. The molecule has 1 aliphatic heterocycles. The average molecular weight is 401 g/mol. The van der Waals surface area contributed by atoms with Crippen LogP contribution in [0.2, 0.25) is 0 Å². The number of fused-ring (bicyclic) bond motifs is 1. The van der Waals surface area contributed by atoms with E-state index in [1.165, 1.54) is 0 Å². The monoisotopic (exact) mass is 401 g/mol. The van der Waals surface area contributed by atoms with Crippen molar-refractivity contribution in [3.63, 3.8) is 0 Å². The number of benzene rings is 2. The first-order valence-electron chi connectivity index (χ1n) is 8.39. The number of ether oxygens (including phenoxy) is 2. The van der Waals surface area contributed by atoms with E-state index in [4.69, 9.17) is 9.47 Å². The van der Waals surface area contributed by atoms with E-state index >= 15 is 0 Å². The lowest BCUT2D eigenvalue weighted by Crippen LogP contribution is -2.15. The fourth-order valence-corrected chi connectivity index (χ4v) is 2.71. The van der Waals surface area contributed by atoms with Crippen molar-refractivity contribution in [2.75, 3.05) is 23.8 Å². The molecule has 3 aromatic rings. The van der Waals surface area contributed by atoms with E-state index < -0.39 is 22.2 Å². The smallest absolute Gasteiger partial charge is 0.353 e. The molecule has 0 saturated carbocycles. The summed E-state index contributed by atoms with van der Waals surface area (Å²) in [4.78, 5) is 18.6. The molecule has 4 rings (SSSR count). The average Bonchev–Trinajstić information content (AvgIpc) is 2.70. The van der Waals surface area contributed by atoms with Crippen LogP contribution in [0.5, 0.6) is 11.5 Å². The summed E-state index contributed by atoms with van der Waals surface area (Å²) in [6.45, 7) is 0.820. The minimum atomic E-state index is -0.791. The Morgan fingerprint density at radius 1 is 0.966 bits per heavy atom. The van der Waals surface area contributed by atoms with Crippen molar-refractivity contribution in [2.24, 2.45) is 0 Å². The molecule has 0 aliphatic carbocycles. The molecule has 0 saturated heterocycles. The molecule has 9 nitrogen and oxygen atoms in total. The highest BCUT2D eigenvalue weighted by molar-refractivity contribution is 5.77. The lowest BCUT2D eigenvalue weighted by molar-refractivity contribution is -0.383. The van der Waals surface area contributed by atoms with Crippen molar-refractivity contribution in [2.45, 2.75) is 0 Å². The highest BCUT2D eigenvalue weighted by Gasteiger charge is 2.24. The fourth-order valence-electron chi connectivity index (χ4n) is 2.71. The number of hydrogen-bond donors (Lipinski definition) is 2. The first-order valence-corrected chi connectivity index (χ1v) is 8.39. The van der Waals surface area contributed by atoms with Crippen molar-refractivity contribution in [3.8, 4) is 11.5 Å². The Kier molecular flexibility index (Phi) is 4.77. The lowest BCUT2D eigenvalue weighted by atomic mass is 10.2. The maximum atomic E-state index is 13.9. The summed E-state index contributed by atoms with van der Waals surface area (Å²) in [6, 6.07) is 7.61. The molecule has 0 amide bonds. The maximum Gasteiger partial charge on any atom is 0.353 e. The Morgan fingerprint density at radius 2 is 1.69 bits per heavy atom. The van der Waals surface area contributed by atoms with Crippen LogP contribution in [0.4, 0.5) is 37.5 Å². The zero-order valence-electron chi connectivity index (χ0n) is 14.7. The molecule has 1 aliphatic rings. The van der Waals surface area contributed by atoms with Gasteiger partial charge < -0.3 is 20.1 Å². The zero-order chi connectivity index (χ0) is 20.4. The molecule has 0 atom stereocenters. The molecule has 0 spiro atoms. The molecular formula is C18H13F2N5O4. The van der Waals surface area contributed by atoms with Crippen LogP contribution in [0.25, 0.3) is 0 Å². The molecular weight excluding hydrogens is 388 g/mol. The number of halogens is 2. The van der Waals surface area contributed by atoms with Crippen LogP contribution in [0, 0.1) is 21.7 Å². The van der Waals surface area contributed by atoms with Crippen LogP contribution in [-0.4, -0.2) is 28.1 Å². The van der Waals surface area contributed by atoms with E-state index in [9.17, 15) is 18.9 Å². The second-order valence-corrected chi connectivity index (χ2v) is 5.91. The van der Waals surface area contributed by atoms with Crippen LogP contribution in [0.15, 0.2) is 42.7 Å². The van der Waals surface area contributed by atoms with E-state index in [-0.39, 0.29) is 17.3 Å². The highest BCUT2D eigenvalue weighted by Crippen LogP contribution is 2.37. The minimum absolute atomic E-state index is 0.138. The van der Waals surface area contributed by atoms with Gasteiger partial charge in [0.15, 0.2) is 11.5 Å². The molecule has 0 bridgehead atoms. The Balaban J connectivity index is 1.68. The normalized spacial score (nSPS) is 12.3. The number of aromatic nitrogens is 2. The van der Waals surface area contributed by atoms with Crippen molar-refractivity contribution in [1.29, 1.82) is 0 Å². The van der Waals surface area contributed by atoms with Gasteiger partial charge in [0, 0.05) is 17.8 Å². The van der Waals surface area contributed by atoms with Crippen LogP contribution in [0.3, 0.4) is 0 Å². The fraction of sp³-hybridized carbons (Fsp3) is 0.111. The Morgan fingerprint density at radius 3 is 2.45 bits per heavy atom. The Labute approximate surface area is 162 Å². The van der Waals surface area contributed by atoms with Gasteiger partial charge in [-0.2, -0.15) is 0 Å². The predicted octanol–water partition coefficient (Wildman–Crippen LogP) is 3.92. The van der Waals surface area contributed by atoms with Gasteiger partial charge in [-0.05, 0) is 24.3 Å². The van der Waals surface area contributed by atoms with Gasteiger partial charge in [-0.1, -0.05) is 0 Å². The van der Waals surface area contributed by atoms with Gasteiger partial charge in [0.25, 0.3) is 0 Å². The first-order chi connectivity index (χ1) is 14.0. The van der Waals surface area contributed by atoms with E-state index in [1.54, 1.807) is 18.2 Å². The predicted molar refractivity (Wildman–Crippen MR) is 99.0 cm³/mol. The van der Waals surface area contributed by atoms with Crippen molar-refractivity contribution in [1.82, 2.24) is 9.97 Å². The third kappa shape index (κ3) is 3.83. The van der Waals surface area contributed by atoms with E-state index in [0.29, 0.717) is 30.4 Å². The molecule has 11 heteroatoms. The number of anilines is 4. The van der Waals surface area contributed by atoms with Gasteiger partial charge in [0.05, 0.1) is 10.6 Å². The molecule has 2 N–H and O–H groups in total. The minimum Gasteiger partial charge on any atom is -0.486 e. The summed E-state index contributed by atoms with van der Waals surface area (Å²) >= 11 is 0. The molecule has 0 fully saturated rings.